The molecule has 0 fully saturated rings. The molecule has 0 heterocycles. The summed E-state index contributed by atoms with van der Waals surface area (Å²) >= 11 is 0. The van der Waals surface area contributed by atoms with Crippen LogP contribution in [-0.4, -0.2) is 44.3 Å². The molecule has 3 rings (SSSR count). The van der Waals surface area contributed by atoms with Gasteiger partial charge in [0.25, 0.3) is 10.0 Å². The van der Waals surface area contributed by atoms with Gasteiger partial charge in [-0.25, -0.2) is 8.42 Å². The third-order valence-electron chi connectivity index (χ3n) is 6.68. The Bertz CT molecular complexity index is 1350. The normalized spacial score (nSPS) is 12.0. The van der Waals surface area contributed by atoms with E-state index in [0.29, 0.717) is 12.2 Å². The number of benzene rings is 3. The predicted molar refractivity (Wildman–Crippen MR) is 156 cm³/mol. The van der Waals surface area contributed by atoms with Crippen molar-refractivity contribution in [2.24, 2.45) is 0 Å². The number of carbonyl (C=O) groups is 2. The molecular weight excluding hydrogens is 510 g/mol. The maximum Gasteiger partial charge on any atom is 0.264 e. The predicted octanol–water partition coefficient (Wildman–Crippen LogP) is 5.14. The molecule has 3 aromatic rings. The number of carbonyl (C=O) groups excluding carboxylic acids is 2. The van der Waals surface area contributed by atoms with Crippen LogP contribution in [0.15, 0.2) is 77.7 Å². The van der Waals surface area contributed by atoms with Crippen molar-refractivity contribution >= 4 is 27.5 Å². The highest BCUT2D eigenvalue weighted by atomic mass is 32.2. The minimum absolute atomic E-state index is 0.0944. The lowest BCUT2D eigenvalue weighted by Gasteiger charge is -2.32. The van der Waals surface area contributed by atoms with Crippen LogP contribution in [0.4, 0.5) is 5.69 Å². The second kappa shape index (κ2) is 13.4. The van der Waals surface area contributed by atoms with Gasteiger partial charge in [-0.2, -0.15) is 0 Å². The lowest BCUT2D eigenvalue weighted by molar-refractivity contribution is -0.139. The molecule has 7 nitrogen and oxygen atoms in total. The number of anilines is 1. The average Bonchev–Trinajstić information content (AvgIpc) is 2.91. The first-order chi connectivity index (χ1) is 18.5. The van der Waals surface area contributed by atoms with E-state index in [1.165, 1.54) is 4.90 Å². The van der Waals surface area contributed by atoms with Crippen LogP contribution >= 0.6 is 0 Å². The lowest BCUT2D eigenvalue weighted by Crippen LogP contribution is -2.51. The Kier molecular flexibility index (Phi) is 10.3. The Morgan fingerprint density at radius 3 is 1.87 bits per heavy atom. The van der Waals surface area contributed by atoms with Gasteiger partial charge in [0.2, 0.25) is 11.8 Å². The molecule has 8 heteroatoms. The van der Waals surface area contributed by atoms with Crippen molar-refractivity contribution in [2.75, 3.05) is 17.4 Å². The van der Waals surface area contributed by atoms with Crippen molar-refractivity contribution in [1.82, 2.24) is 10.2 Å². The van der Waals surface area contributed by atoms with Crippen molar-refractivity contribution in [1.29, 1.82) is 0 Å². The first kappa shape index (κ1) is 29.9. The fourth-order valence-corrected chi connectivity index (χ4v) is 5.50. The Hall–Kier alpha value is -3.65. The van der Waals surface area contributed by atoms with Gasteiger partial charge in [0.15, 0.2) is 0 Å². The molecule has 2 amide bonds. The van der Waals surface area contributed by atoms with Gasteiger partial charge >= 0.3 is 0 Å². The Morgan fingerprint density at radius 1 is 0.821 bits per heavy atom. The number of unbranched alkanes of at least 4 members (excludes halogenated alkanes) is 1. The van der Waals surface area contributed by atoms with Crippen LogP contribution in [0.2, 0.25) is 0 Å². The van der Waals surface area contributed by atoms with E-state index in [0.717, 1.165) is 39.4 Å². The van der Waals surface area contributed by atoms with Gasteiger partial charge < -0.3 is 10.2 Å². The summed E-state index contributed by atoms with van der Waals surface area (Å²) in [4.78, 5) is 28.5. The van der Waals surface area contributed by atoms with Crippen LogP contribution in [0.1, 0.15) is 48.9 Å². The SMILES string of the molecule is CCCCNC(=O)[C@H](C)N(Cc1ccc(C)cc1)C(=O)CN(c1ccc(C)cc1)S(=O)(=O)c1ccc(C)cc1. The third-order valence-corrected chi connectivity index (χ3v) is 8.47. The molecule has 0 spiro atoms. The number of amides is 2. The molecular formula is C31H39N3O4S. The molecule has 0 aliphatic carbocycles. The number of rotatable bonds is 12. The van der Waals surface area contributed by atoms with Gasteiger partial charge in [-0.05, 0) is 63.9 Å². The summed E-state index contributed by atoms with van der Waals surface area (Å²) in [7, 11) is -4.07. The van der Waals surface area contributed by atoms with Crippen LogP contribution in [0.25, 0.3) is 0 Å². The molecule has 0 aromatic heterocycles. The van der Waals surface area contributed by atoms with Gasteiger partial charge in [-0.3, -0.25) is 13.9 Å². The van der Waals surface area contributed by atoms with Crippen molar-refractivity contribution in [3.63, 3.8) is 0 Å². The molecule has 208 valence electrons. The first-order valence-corrected chi connectivity index (χ1v) is 14.8. The maximum atomic E-state index is 13.9. The standard InChI is InChI=1S/C31H39N3O4S/c1-6-7-20-32-31(36)26(5)33(21-27-14-8-23(2)9-15-27)30(35)22-34(28-16-10-24(3)11-17-28)39(37,38)29-18-12-25(4)13-19-29/h8-19,26H,6-7,20-22H2,1-5H3,(H,32,36)/t26-/m0/s1. The first-order valence-electron chi connectivity index (χ1n) is 13.3. The number of hydrogen-bond donors (Lipinski definition) is 1. The summed E-state index contributed by atoms with van der Waals surface area (Å²) in [6, 6.07) is 20.5. The average molecular weight is 550 g/mol. The molecule has 0 aliphatic rings. The fraction of sp³-hybridized carbons (Fsp3) is 0.355. The van der Waals surface area contributed by atoms with Gasteiger partial charge in [-0.1, -0.05) is 78.6 Å². The monoisotopic (exact) mass is 549 g/mol. The van der Waals surface area contributed by atoms with Crippen LogP contribution < -0.4 is 9.62 Å². The highest BCUT2D eigenvalue weighted by molar-refractivity contribution is 7.92. The Labute approximate surface area is 232 Å². The van der Waals surface area contributed by atoms with Crippen LogP contribution in [0.5, 0.6) is 0 Å². The Morgan fingerprint density at radius 2 is 1.33 bits per heavy atom. The molecule has 3 aromatic carbocycles. The van der Waals surface area contributed by atoms with Gasteiger partial charge in [0.1, 0.15) is 12.6 Å². The molecule has 39 heavy (non-hydrogen) atoms. The lowest BCUT2D eigenvalue weighted by atomic mass is 10.1. The highest BCUT2D eigenvalue weighted by Crippen LogP contribution is 2.25. The molecule has 0 aliphatic heterocycles. The van der Waals surface area contributed by atoms with Crippen LogP contribution in [-0.2, 0) is 26.2 Å². The van der Waals surface area contributed by atoms with E-state index < -0.39 is 28.5 Å². The number of nitrogens with one attached hydrogen (secondary N) is 1. The van der Waals surface area contributed by atoms with Crippen molar-refractivity contribution in [3.05, 3.63) is 95.1 Å². The highest BCUT2D eigenvalue weighted by Gasteiger charge is 2.32. The molecule has 0 unspecified atom stereocenters. The summed E-state index contributed by atoms with van der Waals surface area (Å²) in [6.07, 6.45) is 1.77. The van der Waals surface area contributed by atoms with E-state index in [-0.39, 0.29) is 17.3 Å². The zero-order valence-corrected chi connectivity index (χ0v) is 24.3. The van der Waals surface area contributed by atoms with Crippen LogP contribution in [0, 0.1) is 20.8 Å². The molecule has 0 radical (unpaired) electrons. The van der Waals surface area contributed by atoms with Crippen molar-refractivity contribution in [2.45, 2.75) is 64.9 Å². The molecule has 1 N–H and O–H groups in total. The van der Waals surface area contributed by atoms with Gasteiger partial charge in [-0.15, -0.1) is 0 Å². The van der Waals surface area contributed by atoms with E-state index in [1.54, 1.807) is 43.3 Å². The zero-order chi connectivity index (χ0) is 28.6. The van der Waals surface area contributed by atoms with E-state index in [4.69, 9.17) is 0 Å². The molecule has 1 atom stereocenters. The van der Waals surface area contributed by atoms with Crippen molar-refractivity contribution in [3.8, 4) is 0 Å². The van der Waals surface area contributed by atoms with E-state index in [1.807, 2.05) is 64.1 Å². The van der Waals surface area contributed by atoms with Crippen molar-refractivity contribution < 1.29 is 18.0 Å². The topological polar surface area (TPSA) is 86.8 Å². The second-order valence-electron chi connectivity index (χ2n) is 9.99. The number of aryl methyl sites for hydroxylation is 3. The second-order valence-corrected chi connectivity index (χ2v) is 11.9. The molecule has 0 saturated carbocycles. The van der Waals surface area contributed by atoms with Gasteiger partial charge in [0.05, 0.1) is 10.6 Å². The summed E-state index contributed by atoms with van der Waals surface area (Å²) in [6.45, 7) is 9.74. The number of hydrogen-bond acceptors (Lipinski definition) is 4. The summed E-state index contributed by atoms with van der Waals surface area (Å²) in [5, 5.41) is 2.90. The zero-order valence-electron chi connectivity index (χ0n) is 23.5. The summed E-state index contributed by atoms with van der Waals surface area (Å²) in [5.74, 6) is -0.739. The minimum Gasteiger partial charge on any atom is -0.354 e. The van der Waals surface area contributed by atoms with Crippen LogP contribution in [0.3, 0.4) is 0 Å². The number of nitrogens with zero attached hydrogens (tertiary/aromatic N) is 2. The quantitative estimate of drug-likeness (QED) is 0.317. The van der Waals surface area contributed by atoms with E-state index in [9.17, 15) is 18.0 Å². The molecule has 0 saturated heterocycles. The summed E-state index contributed by atoms with van der Waals surface area (Å²) in [5.41, 5.74) is 4.21. The number of sulfonamides is 1. The molecule has 0 bridgehead atoms. The van der Waals surface area contributed by atoms with E-state index in [2.05, 4.69) is 5.32 Å². The fourth-order valence-electron chi connectivity index (χ4n) is 4.09. The minimum atomic E-state index is -4.07. The van der Waals surface area contributed by atoms with E-state index >= 15 is 0 Å². The summed E-state index contributed by atoms with van der Waals surface area (Å²) < 4.78 is 28.8. The smallest absolute Gasteiger partial charge is 0.264 e. The third kappa shape index (κ3) is 7.93. The largest absolute Gasteiger partial charge is 0.354 e. The maximum absolute atomic E-state index is 13.9. The Balaban J connectivity index is 1.98. The van der Waals surface area contributed by atoms with Gasteiger partial charge in [0, 0.05) is 13.1 Å².